The highest BCUT2D eigenvalue weighted by Gasteiger charge is 2.46. The highest BCUT2D eigenvalue weighted by atomic mass is 16.5. The Morgan fingerprint density at radius 1 is 1.20 bits per heavy atom. The molecule has 0 unspecified atom stereocenters. The molecule has 3 nitrogen and oxygen atoms in total. The van der Waals surface area contributed by atoms with Gasteiger partial charge in [0.15, 0.2) is 0 Å². The summed E-state index contributed by atoms with van der Waals surface area (Å²) in [5, 5.41) is 9.44. The van der Waals surface area contributed by atoms with E-state index < -0.39 is 11.4 Å². The topological polar surface area (TPSA) is 46.5 Å². The van der Waals surface area contributed by atoms with Crippen LogP contribution >= 0.6 is 0 Å². The molecule has 0 aromatic heterocycles. The fourth-order valence-electron chi connectivity index (χ4n) is 3.21. The van der Waals surface area contributed by atoms with Crippen molar-refractivity contribution in [1.82, 2.24) is 0 Å². The van der Waals surface area contributed by atoms with Gasteiger partial charge in [-0.1, -0.05) is 30.7 Å². The van der Waals surface area contributed by atoms with Crippen molar-refractivity contribution in [2.45, 2.75) is 56.0 Å². The number of benzene rings is 1. The summed E-state index contributed by atoms with van der Waals surface area (Å²) in [6.07, 6.45) is 6.97. The van der Waals surface area contributed by atoms with Crippen LogP contribution in [-0.2, 0) is 21.4 Å². The Morgan fingerprint density at radius 3 is 2.25 bits per heavy atom. The minimum atomic E-state index is -0.673. The van der Waals surface area contributed by atoms with E-state index in [0.717, 1.165) is 37.7 Å². The Bertz CT molecular complexity index is 495. The summed E-state index contributed by atoms with van der Waals surface area (Å²) in [5.74, 6) is -0.673. The Balaban J connectivity index is 1.67. The maximum Gasteiger partial charge on any atom is 0.314 e. The van der Waals surface area contributed by atoms with E-state index in [9.17, 15) is 9.90 Å². The summed E-state index contributed by atoms with van der Waals surface area (Å²) in [5.41, 5.74) is 1.77. The van der Waals surface area contributed by atoms with Crippen molar-refractivity contribution in [3.63, 3.8) is 0 Å². The summed E-state index contributed by atoms with van der Waals surface area (Å²) in [4.78, 5) is 11.5. The van der Waals surface area contributed by atoms with E-state index in [1.807, 2.05) is 12.1 Å². The quantitative estimate of drug-likeness (QED) is 0.865. The third kappa shape index (κ3) is 2.24. The summed E-state index contributed by atoms with van der Waals surface area (Å²) in [6.45, 7) is 0. The molecule has 0 aliphatic heterocycles. The molecule has 0 radical (unpaired) electrons. The molecule has 108 valence electrons. The largest absolute Gasteiger partial charge is 0.481 e. The van der Waals surface area contributed by atoms with Gasteiger partial charge in [0.05, 0.1) is 11.0 Å². The molecule has 20 heavy (non-hydrogen) atoms. The van der Waals surface area contributed by atoms with E-state index >= 15 is 0 Å². The number of aryl methyl sites for hydroxylation is 1. The van der Waals surface area contributed by atoms with Crippen LogP contribution in [0.25, 0.3) is 0 Å². The zero-order chi connectivity index (χ0) is 14.2. The van der Waals surface area contributed by atoms with Crippen LogP contribution in [0.2, 0.25) is 0 Å². The van der Waals surface area contributed by atoms with Crippen LogP contribution in [0.1, 0.15) is 49.7 Å². The van der Waals surface area contributed by atoms with Crippen LogP contribution in [0.5, 0.6) is 0 Å². The van der Waals surface area contributed by atoms with Crippen LogP contribution in [0.3, 0.4) is 0 Å². The second-order valence-corrected chi connectivity index (χ2v) is 6.32. The molecule has 0 atom stereocenters. The number of hydrogen-bond donors (Lipinski definition) is 1. The predicted octanol–water partition coefficient (Wildman–Crippen LogP) is 3.30. The second kappa shape index (κ2) is 4.88. The summed E-state index contributed by atoms with van der Waals surface area (Å²) >= 11 is 0. The first-order valence-electron chi connectivity index (χ1n) is 7.48. The van der Waals surface area contributed by atoms with Gasteiger partial charge in [0.2, 0.25) is 0 Å². The Kier molecular flexibility index (Phi) is 3.33. The van der Waals surface area contributed by atoms with Gasteiger partial charge in [0.25, 0.3) is 0 Å². The van der Waals surface area contributed by atoms with E-state index in [1.165, 1.54) is 18.4 Å². The third-order valence-electron chi connectivity index (χ3n) is 5.23. The molecule has 1 aromatic carbocycles. The van der Waals surface area contributed by atoms with Crippen LogP contribution in [-0.4, -0.2) is 23.8 Å². The molecule has 0 heterocycles. The summed E-state index contributed by atoms with van der Waals surface area (Å²) < 4.78 is 5.53. The van der Waals surface area contributed by atoms with Crippen molar-refractivity contribution in [2.24, 2.45) is 0 Å². The van der Waals surface area contributed by atoms with Gasteiger partial charge < -0.3 is 9.84 Å². The number of carboxylic acids is 1. The van der Waals surface area contributed by atoms with Crippen molar-refractivity contribution in [1.29, 1.82) is 0 Å². The average Bonchev–Trinajstić information content (AvgIpc) is 3.17. The van der Waals surface area contributed by atoms with Crippen LogP contribution in [0, 0.1) is 0 Å². The maximum atomic E-state index is 11.5. The number of aliphatic carboxylic acids is 1. The predicted molar refractivity (Wildman–Crippen MR) is 76.9 cm³/mol. The van der Waals surface area contributed by atoms with Crippen molar-refractivity contribution in [3.05, 3.63) is 35.4 Å². The van der Waals surface area contributed by atoms with Gasteiger partial charge in [0, 0.05) is 7.11 Å². The standard InChI is InChI=1S/C17H22O3/c1-20-16(11-12-16)10-7-13-3-5-14(6-4-13)17(15(18)19)8-2-9-17/h3-6H,2,7-12H2,1H3,(H,18,19). The molecule has 1 aromatic rings. The van der Waals surface area contributed by atoms with Gasteiger partial charge in [0.1, 0.15) is 0 Å². The number of hydrogen-bond acceptors (Lipinski definition) is 2. The van der Waals surface area contributed by atoms with Gasteiger partial charge >= 0.3 is 5.97 Å². The summed E-state index contributed by atoms with van der Waals surface area (Å²) in [7, 11) is 1.79. The van der Waals surface area contributed by atoms with Crippen molar-refractivity contribution in [2.75, 3.05) is 7.11 Å². The Morgan fingerprint density at radius 2 is 1.85 bits per heavy atom. The number of carbonyl (C=O) groups is 1. The lowest BCUT2D eigenvalue weighted by Crippen LogP contribution is -2.42. The number of rotatable bonds is 6. The van der Waals surface area contributed by atoms with Crippen molar-refractivity contribution < 1.29 is 14.6 Å². The summed E-state index contributed by atoms with van der Waals surface area (Å²) in [6, 6.07) is 8.19. The number of ether oxygens (including phenoxy) is 1. The van der Waals surface area contributed by atoms with Crippen molar-refractivity contribution in [3.8, 4) is 0 Å². The molecule has 2 saturated carbocycles. The Labute approximate surface area is 120 Å². The van der Waals surface area contributed by atoms with Gasteiger partial charge in [-0.05, 0) is 49.7 Å². The monoisotopic (exact) mass is 274 g/mol. The molecule has 1 N–H and O–H groups in total. The smallest absolute Gasteiger partial charge is 0.314 e. The lowest BCUT2D eigenvalue weighted by Gasteiger charge is -2.38. The average molecular weight is 274 g/mol. The first-order chi connectivity index (χ1) is 9.60. The molecule has 2 aliphatic carbocycles. The molecule has 0 bridgehead atoms. The lowest BCUT2D eigenvalue weighted by molar-refractivity contribution is -0.147. The highest BCUT2D eigenvalue weighted by Crippen LogP contribution is 2.45. The van der Waals surface area contributed by atoms with E-state index in [1.54, 1.807) is 7.11 Å². The molecule has 2 aliphatic rings. The molecule has 3 rings (SSSR count). The number of methoxy groups -OCH3 is 1. The van der Waals surface area contributed by atoms with Crippen molar-refractivity contribution >= 4 is 5.97 Å². The molecular weight excluding hydrogens is 252 g/mol. The van der Waals surface area contributed by atoms with Gasteiger partial charge in [-0.15, -0.1) is 0 Å². The minimum Gasteiger partial charge on any atom is -0.481 e. The van der Waals surface area contributed by atoms with Gasteiger partial charge in [-0.3, -0.25) is 4.79 Å². The second-order valence-electron chi connectivity index (χ2n) is 6.32. The molecule has 3 heteroatoms. The maximum absolute atomic E-state index is 11.5. The third-order valence-corrected chi connectivity index (χ3v) is 5.23. The van der Waals surface area contributed by atoms with Crippen LogP contribution in [0.15, 0.2) is 24.3 Å². The molecule has 0 amide bonds. The van der Waals surface area contributed by atoms with Crippen LogP contribution < -0.4 is 0 Å². The molecule has 2 fully saturated rings. The number of carboxylic acid groups (broad SMARTS) is 1. The highest BCUT2D eigenvalue weighted by molar-refractivity contribution is 5.82. The zero-order valence-corrected chi connectivity index (χ0v) is 12.0. The first kappa shape index (κ1) is 13.6. The lowest BCUT2D eigenvalue weighted by atomic mass is 9.64. The zero-order valence-electron chi connectivity index (χ0n) is 12.0. The Hall–Kier alpha value is -1.35. The fraction of sp³-hybridized carbons (Fsp3) is 0.588. The minimum absolute atomic E-state index is 0.134. The van der Waals surface area contributed by atoms with E-state index in [0.29, 0.717) is 0 Å². The molecule has 0 saturated heterocycles. The van der Waals surface area contributed by atoms with E-state index in [-0.39, 0.29) is 5.60 Å². The molecule has 0 spiro atoms. The first-order valence-corrected chi connectivity index (χ1v) is 7.48. The normalized spacial score (nSPS) is 22.1. The fourth-order valence-corrected chi connectivity index (χ4v) is 3.21. The SMILES string of the molecule is COC1(CCc2ccc(C3(C(=O)O)CCC3)cc2)CC1. The van der Waals surface area contributed by atoms with Crippen LogP contribution in [0.4, 0.5) is 0 Å². The van der Waals surface area contributed by atoms with Gasteiger partial charge in [-0.2, -0.15) is 0 Å². The van der Waals surface area contributed by atoms with E-state index in [4.69, 9.17) is 4.74 Å². The van der Waals surface area contributed by atoms with Gasteiger partial charge in [-0.25, -0.2) is 0 Å². The van der Waals surface area contributed by atoms with E-state index in [2.05, 4.69) is 12.1 Å². The molecular formula is C17H22O3.